The molecule has 2 amide bonds. The van der Waals surface area contributed by atoms with E-state index >= 15 is 0 Å². The lowest BCUT2D eigenvalue weighted by Crippen LogP contribution is -2.43. The van der Waals surface area contributed by atoms with Crippen LogP contribution in [-0.2, 0) is 9.59 Å². The molecule has 8 nitrogen and oxygen atoms in total. The number of aliphatic carboxylic acids is 2. The summed E-state index contributed by atoms with van der Waals surface area (Å²) in [6.07, 6.45) is 0. The van der Waals surface area contributed by atoms with E-state index in [0.717, 1.165) is 21.6 Å². The van der Waals surface area contributed by atoms with Gasteiger partial charge in [-0.2, -0.15) is 0 Å². The van der Waals surface area contributed by atoms with E-state index in [1.54, 1.807) is 60.7 Å². The normalized spacial score (nSPS) is 12.4. The van der Waals surface area contributed by atoms with Gasteiger partial charge in [-0.3, -0.25) is 9.59 Å². The number of carbonyl (C=O) groups excluding carboxylic acids is 2. The third-order valence-corrected chi connectivity index (χ3v) is 6.25. The molecule has 0 heterocycles. The topological polar surface area (TPSA) is 133 Å². The summed E-state index contributed by atoms with van der Waals surface area (Å²) in [5.41, 5.74) is 0.687. The van der Waals surface area contributed by atoms with E-state index in [-0.39, 0.29) is 11.5 Å². The molecule has 0 spiro atoms. The Bertz CT molecular complexity index is 806. The number of hydrogen-bond donors (Lipinski definition) is 4. The van der Waals surface area contributed by atoms with Crippen molar-refractivity contribution < 1.29 is 29.4 Å². The van der Waals surface area contributed by atoms with Crippen LogP contribution in [0.1, 0.15) is 20.7 Å². The Labute approximate surface area is 180 Å². The van der Waals surface area contributed by atoms with Crippen LogP contribution in [0.15, 0.2) is 60.7 Å². The summed E-state index contributed by atoms with van der Waals surface area (Å²) in [6, 6.07) is 14.2. The molecule has 0 aliphatic carbocycles. The Morgan fingerprint density at radius 3 is 1.30 bits per heavy atom. The van der Waals surface area contributed by atoms with E-state index in [4.69, 9.17) is 0 Å². The van der Waals surface area contributed by atoms with Crippen molar-refractivity contribution in [3.8, 4) is 0 Å². The van der Waals surface area contributed by atoms with Gasteiger partial charge in [-0.05, 0) is 24.3 Å². The minimum Gasteiger partial charge on any atom is -0.480 e. The lowest BCUT2D eigenvalue weighted by Gasteiger charge is -2.16. The fraction of sp³-hybridized carbons (Fsp3) is 0.200. The van der Waals surface area contributed by atoms with Crippen molar-refractivity contribution in [3.05, 3.63) is 71.8 Å². The highest BCUT2D eigenvalue weighted by Crippen LogP contribution is 2.23. The Balaban J connectivity index is 1.83. The van der Waals surface area contributed by atoms with Crippen molar-refractivity contribution in [2.45, 2.75) is 12.1 Å². The summed E-state index contributed by atoms with van der Waals surface area (Å²) in [4.78, 5) is 47.1. The SMILES string of the molecule is O=C(NC(CSSC[C@H](NC(=O)c1ccccc1)C(=O)O)C(=O)O)c1ccccc1. The number of amides is 2. The lowest BCUT2D eigenvalue weighted by atomic mass is 10.2. The molecule has 0 aromatic heterocycles. The van der Waals surface area contributed by atoms with E-state index in [1.165, 1.54) is 0 Å². The van der Waals surface area contributed by atoms with Crippen LogP contribution in [0.2, 0.25) is 0 Å². The first-order valence-corrected chi connectivity index (χ1v) is 11.3. The van der Waals surface area contributed by atoms with Crippen LogP contribution in [0.4, 0.5) is 0 Å². The quantitative estimate of drug-likeness (QED) is 0.304. The number of nitrogens with one attached hydrogen (secondary N) is 2. The molecule has 1 unspecified atom stereocenters. The maximum absolute atomic E-state index is 12.1. The van der Waals surface area contributed by atoms with Crippen LogP contribution in [0.5, 0.6) is 0 Å². The maximum atomic E-state index is 12.1. The van der Waals surface area contributed by atoms with Crippen molar-refractivity contribution in [1.82, 2.24) is 10.6 Å². The Morgan fingerprint density at radius 2 is 1.00 bits per heavy atom. The molecule has 2 aromatic rings. The molecule has 30 heavy (non-hydrogen) atoms. The average Bonchev–Trinajstić information content (AvgIpc) is 2.75. The lowest BCUT2D eigenvalue weighted by molar-refractivity contribution is -0.139. The molecular weight excluding hydrogens is 428 g/mol. The Kier molecular flexibility index (Phi) is 9.23. The number of carboxylic acid groups (broad SMARTS) is 2. The molecule has 10 heteroatoms. The summed E-state index contributed by atoms with van der Waals surface area (Å²) in [5.74, 6) is -3.35. The highest BCUT2D eigenvalue weighted by Gasteiger charge is 2.23. The molecule has 0 radical (unpaired) electrons. The van der Waals surface area contributed by atoms with Gasteiger partial charge < -0.3 is 20.8 Å². The molecule has 2 aromatic carbocycles. The van der Waals surface area contributed by atoms with Gasteiger partial charge in [0.25, 0.3) is 11.8 Å². The third kappa shape index (κ3) is 7.45. The Hall–Kier alpha value is -2.98. The molecule has 2 atom stereocenters. The zero-order chi connectivity index (χ0) is 21.9. The van der Waals surface area contributed by atoms with Crippen LogP contribution >= 0.6 is 21.6 Å². The van der Waals surface area contributed by atoms with E-state index < -0.39 is 35.8 Å². The molecule has 0 aliphatic heterocycles. The van der Waals surface area contributed by atoms with Crippen LogP contribution in [0, 0.1) is 0 Å². The maximum Gasteiger partial charge on any atom is 0.327 e. The minimum absolute atomic E-state index is 0.0253. The molecule has 158 valence electrons. The summed E-state index contributed by atoms with van der Waals surface area (Å²) < 4.78 is 0. The predicted octanol–water partition coefficient (Wildman–Crippen LogP) is 2.13. The van der Waals surface area contributed by atoms with Gasteiger partial charge in [0.1, 0.15) is 12.1 Å². The van der Waals surface area contributed by atoms with E-state index in [9.17, 15) is 29.4 Å². The number of hydrogen-bond acceptors (Lipinski definition) is 6. The number of carboxylic acids is 2. The molecule has 4 N–H and O–H groups in total. The monoisotopic (exact) mass is 448 g/mol. The van der Waals surface area contributed by atoms with Gasteiger partial charge in [0.15, 0.2) is 0 Å². The second-order valence-electron chi connectivity index (χ2n) is 6.03. The molecule has 0 aliphatic rings. The zero-order valence-electron chi connectivity index (χ0n) is 15.7. The van der Waals surface area contributed by atoms with Gasteiger partial charge in [-0.15, -0.1) is 0 Å². The summed E-state index contributed by atoms with van der Waals surface area (Å²) in [6.45, 7) is 0. The van der Waals surface area contributed by atoms with Gasteiger partial charge in [0.2, 0.25) is 0 Å². The van der Waals surface area contributed by atoms with Crippen LogP contribution in [0.3, 0.4) is 0 Å². The van der Waals surface area contributed by atoms with Crippen molar-refractivity contribution in [3.63, 3.8) is 0 Å². The summed E-state index contributed by atoms with van der Waals surface area (Å²) in [7, 11) is 2.20. The molecule has 0 saturated heterocycles. The first-order valence-electron chi connectivity index (χ1n) is 8.80. The Morgan fingerprint density at radius 1 is 0.667 bits per heavy atom. The van der Waals surface area contributed by atoms with Crippen molar-refractivity contribution in [2.75, 3.05) is 11.5 Å². The van der Waals surface area contributed by atoms with E-state index in [2.05, 4.69) is 10.6 Å². The molecule has 0 saturated carbocycles. The van der Waals surface area contributed by atoms with E-state index in [0.29, 0.717) is 11.1 Å². The first kappa shape index (κ1) is 23.3. The number of benzene rings is 2. The molecular formula is C20H20N2O6S2. The van der Waals surface area contributed by atoms with Gasteiger partial charge in [0, 0.05) is 22.6 Å². The van der Waals surface area contributed by atoms with Crippen LogP contribution in [0.25, 0.3) is 0 Å². The molecule has 0 fully saturated rings. The van der Waals surface area contributed by atoms with Crippen LogP contribution in [-0.4, -0.2) is 57.6 Å². The summed E-state index contributed by atoms with van der Waals surface area (Å²) in [5, 5.41) is 23.5. The second kappa shape index (κ2) is 11.9. The van der Waals surface area contributed by atoms with Crippen molar-refractivity contribution in [1.29, 1.82) is 0 Å². The molecule has 0 bridgehead atoms. The first-order chi connectivity index (χ1) is 14.4. The number of rotatable bonds is 11. The highest BCUT2D eigenvalue weighted by atomic mass is 33.1. The van der Waals surface area contributed by atoms with Gasteiger partial charge in [-0.1, -0.05) is 58.0 Å². The van der Waals surface area contributed by atoms with Crippen LogP contribution < -0.4 is 10.6 Å². The smallest absolute Gasteiger partial charge is 0.327 e. The number of carbonyl (C=O) groups is 4. The summed E-state index contributed by atoms with van der Waals surface area (Å²) >= 11 is 0. The highest BCUT2D eigenvalue weighted by molar-refractivity contribution is 8.76. The predicted molar refractivity (Wildman–Crippen MR) is 116 cm³/mol. The standard InChI is InChI=1S/C20H20N2O6S2/c23-17(13-7-3-1-4-8-13)21-15(19(25)26)11-29-30-12-16(20(27)28)22-18(24)14-9-5-2-6-10-14/h1-10,15-16H,11-12H2,(H,21,23)(H,22,24)(H,25,26)(H,27,28)/t15-,16?/m0/s1. The average molecular weight is 449 g/mol. The fourth-order valence-corrected chi connectivity index (χ4v) is 4.55. The minimum atomic E-state index is -1.19. The van der Waals surface area contributed by atoms with Gasteiger partial charge in [0.05, 0.1) is 0 Å². The van der Waals surface area contributed by atoms with E-state index in [1.807, 2.05) is 0 Å². The third-order valence-electron chi connectivity index (χ3n) is 3.83. The van der Waals surface area contributed by atoms with Crippen molar-refractivity contribution in [2.24, 2.45) is 0 Å². The van der Waals surface area contributed by atoms with Gasteiger partial charge >= 0.3 is 11.9 Å². The zero-order valence-corrected chi connectivity index (χ0v) is 17.3. The largest absolute Gasteiger partial charge is 0.480 e. The van der Waals surface area contributed by atoms with Crippen molar-refractivity contribution >= 4 is 45.3 Å². The second-order valence-corrected chi connectivity index (χ2v) is 8.58. The molecule has 2 rings (SSSR count). The van der Waals surface area contributed by atoms with Gasteiger partial charge in [-0.25, -0.2) is 9.59 Å². The fourth-order valence-electron chi connectivity index (χ4n) is 2.24.